The second-order valence-corrected chi connectivity index (χ2v) is 4.98. The summed E-state index contributed by atoms with van der Waals surface area (Å²) >= 11 is 1.47. The van der Waals surface area contributed by atoms with Gasteiger partial charge in [0.25, 0.3) is 0 Å². The van der Waals surface area contributed by atoms with E-state index in [0.717, 1.165) is 16.2 Å². The third-order valence-corrected chi connectivity index (χ3v) is 3.64. The highest BCUT2D eigenvalue weighted by Crippen LogP contribution is 2.29. The molecule has 3 N–H and O–H groups in total. The van der Waals surface area contributed by atoms with Crippen molar-refractivity contribution >= 4 is 17.6 Å². The molecular formula is C13H14N4S. The maximum absolute atomic E-state index is 7.68. The number of aryl methyl sites for hydroxylation is 1. The summed E-state index contributed by atoms with van der Waals surface area (Å²) in [6.45, 7) is 3.78. The van der Waals surface area contributed by atoms with Gasteiger partial charge in [-0.15, -0.1) is 5.10 Å². The van der Waals surface area contributed by atoms with Crippen molar-refractivity contribution in [3.05, 3.63) is 47.2 Å². The molecule has 4 nitrogen and oxygen atoms in total. The van der Waals surface area contributed by atoms with E-state index >= 15 is 0 Å². The summed E-state index contributed by atoms with van der Waals surface area (Å²) in [6.07, 6.45) is 0. The Balaban J connectivity index is 2.45. The maximum atomic E-state index is 7.68. The van der Waals surface area contributed by atoms with Crippen LogP contribution in [0.2, 0.25) is 0 Å². The van der Waals surface area contributed by atoms with Crippen LogP contribution in [-0.4, -0.2) is 16.0 Å². The standard InChI is InChI=1S/C13H14N4S/c1-8-9(2)16-17-13(11(8)12(14)15)18-10-6-4-3-5-7-10/h3-7H,1-2H3,(H3,14,15). The van der Waals surface area contributed by atoms with Crippen molar-refractivity contribution in [1.82, 2.24) is 10.2 Å². The molecule has 0 spiro atoms. The normalized spacial score (nSPS) is 10.3. The molecule has 0 fully saturated rings. The molecule has 0 saturated heterocycles. The highest BCUT2D eigenvalue weighted by molar-refractivity contribution is 7.99. The lowest BCUT2D eigenvalue weighted by Gasteiger charge is -2.10. The summed E-state index contributed by atoms with van der Waals surface area (Å²) in [5.41, 5.74) is 8.03. The molecule has 1 aromatic heterocycles. The number of benzene rings is 1. The molecule has 1 heterocycles. The quantitative estimate of drug-likeness (QED) is 0.655. The molecule has 18 heavy (non-hydrogen) atoms. The van der Waals surface area contributed by atoms with Crippen molar-refractivity contribution in [1.29, 1.82) is 5.41 Å². The molecule has 0 radical (unpaired) electrons. The Morgan fingerprint density at radius 3 is 2.44 bits per heavy atom. The minimum atomic E-state index is 0.0314. The second-order valence-electron chi connectivity index (χ2n) is 3.92. The van der Waals surface area contributed by atoms with E-state index in [1.54, 1.807) is 0 Å². The van der Waals surface area contributed by atoms with Crippen LogP contribution in [-0.2, 0) is 0 Å². The molecule has 5 heteroatoms. The first kappa shape index (κ1) is 12.6. The van der Waals surface area contributed by atoms with Gasteiger partial charge in [-0.2, -0.15) is 5.10 Å². The zero-order valence-electron chi connectivity index (χ0n) is 10.3. The first-order chi connectivity index (χ1) is 8.59. The van der Waals surface area contributed by atoms with Gasteiger partial charge in [0, 0.05) is 4.90 Å². The van der Waals surface area contributed by atoms with Crippen LogP contribution in [0.15, 0.2) is 40.3 Å². The average molecular weight is 258 g/mol. The van der Waals surface area contributed by atoms with Crippen LogP contribution in [0.1, 0.15) is 16.8 Å². The van der Waals surface area contributed by atoms with E-state index in [1.165, 1.54) is 11.8 Å². The van der Waals surface area contributed by atoms with Gasteiger partial charge in [0.05, 0.1) is 11.3 Å². The van der Waals surface area contributed by atoms with Crippen molar-refractivity contribution in [2.24, 2.45) is 5.73 Å². The SMILES string of the molecule is Cc1nnc(Sc2ccccc2)c(C(=N)N)c1C. The molecule has 0 aliphatic rings. The monoisotopic (exact) mass is 258 g/mol. The molecule has 0 aliphatic heterocycles. The molecule has 92 valence electrons. The minimum Gasteiger partial charge on any atom is -0.384 e. The van der Waals surface area contributed by atoms with Crippen LogP contribution in [0.5, 0.6) is 0 Å². The van der Waals surface area contributed by atoms with Crippen molar-refractivity contribution in [2.75, 3.05) is 0 Å². The number of nitrogens with two attached hydrogens (primary N) is 1. The van der Waals surface area contributed by atoms with E-state index in [1.807, 2.05) is 44.2 Å². The summed E-state index contributed by atoms with van der Waals surface area (Å²) < 4.78 is 0. The molecule has 0 bridgehead atoms. The summed E-state index contributed by atoms with van der Waals surface area (Å²) in [5.74, 6) is 0.0314. The highest BCUT2D eigenvalue weighted by Gasteiger charge is 2.14. The van der Waals surface area contributed by atoms with Crippen LogP contribution in [0, 0.1) is 19.3 Å². The first-order valence-corrected chi connectivity index (χ1v) is 6.32. The van der Waals surface area contributed by atoms with Crippen molar-refractivity contribution in [2.45, 2.75) is 23.8 Å². The summed E-state index contributed by atoms with van der Waals surface area (Å²) in [7, 11) is 0. The Hall–Kier alpha value is -1.88. The van der Waals surface area contributed by atoms with Crippen LogP contribution in [0.25, 0.3) is 0 Å². The van der Waals surface area contributed by atoms with Gasteiger partial charge in [-0.25, -0.2) is 0 Å². The van der Waals surface area contributed by atoms with Crippen LogP contribution in [0.4, 0.5) is 0 Å². The van der Waals surface area contributed by atoms with E-state index in [2.05, 4.69) is 10.2 Å². The fourth-order valence-corrected chi connectivity index (χ4v) is 2.54. The fourth-order valence-electron chi connectivity index (χ4n) is 1.58. The number of nitrogens with one attached hydrogen (secondary N) is 1. The van der Waals surface area contributed by atoms with E-state index in [9.17, 15) is 0 Å². The largest absolute Gasteiger partial charge is 0.384 e. The summed E-state index contributed by atoms with van der Waals surface area (Å²) in [4.78, 5) is 1.05. The molecule has 0 saturated carbocycles. The summed E-state index contributed by atoms with van der Waals surface area (Å²) in [5, 5.41) is 16.6. The van der Waals surface area contributed by atoms with Crippen LogP contribution in [0.3, 0.4) is 0 Å². The number of nitrogens with zero attached hydrogens (tertiary/aromatic N) is 2. The average Bonchev–Trinajstić information content (AvgIpc) is 2.35. The number of rotatable bonds is 3. The van der Waals surface area contributed by atoms with E-state index < -0.39 is 0 Å². The zero-order valence-corrected chi connectivity index (χ0v) is 11.1. The molecule has 0 unspecified atom stereocenters. The van der Waals surface area contributed by atoms with Crippen LogP contribution < -0.4 is 5.73 Å². The topological polar surface area (TPSA) is 75.7 Å². The van der Waals surface area contributed by atoms with Crippen molar-refractivity contribution < 1.29 is 0 Å². The molecule has 0 aliphatic carbocycles. The van der Waals surface area contributed by atoms with Crippen LogP contribution >= 0.6 is 11.8 Å². The van der Waals surface area contributed by atoms with Gasteiger partial charge in [0.2, 0.25) is 0 Å². The molecule has 2 rings (SSSR count). The molecule has 0 atom stereocenters. The maximum Gasteiger partial charge on any atom is 0.135 e. The Morgan fingerprint density at radius 1 is 1.17 bits per heavy atom. The number of nitrogen functional groups attached to an aromatic ring is 1. The number of hydrogen-bond donors (Lipinski definition) is 2. The summed E-state index contributed by atoms with van der Waals surface area (Å²) in [6, 6.07) is 9.87. The lowest BCUT2D eigenvalue weighted by Crippen LogP contribution is -2.16. The third kappa shape index (κ3) is 2.51. The van der Waals surface area contributed by atoms with Gasteiger partial charge in [-0.05, 0) is 31.5 Å². The van der Waals surface area contributed by atoms with Gasteiger partial charge >= 0.3 is 0 Å². The van der Waals surface area contributed by atoms with Gasteiger partial charge < -0.3 is 5.73 Å². The molecule has 0 amide bonds. The van der Waals surface area contributed by atoms with Gasteiger partial charge in [-0.1, -0.05) is 30.0 Å². The minimum absolute atomic E-state index is 0.0314. The van der Waals surface area contributed by atoms with E-state index in [-0.39, 0.29) is 5.84 Å². The highest BCUT2D eigenvalue weighted by atomic mass is 32.2. The number of hydrogen-bond acceptors (Lipinski definition) is 4. The predicted octanol–water partition coefficient (Wildman–Crippen LogP) is 2.53. The van der Waals surface area contributed by atoms with Gasteiger partial charge in [-0.3, -0.25) is 5.41 Å². The lowest BCUT2D eigenvalue weighted by molar-refractivity contribution is 0.872. The van der Waals surface area contributed by atoms with E-state index in [0.29, 0.717) is 10.6 Å². The zero-order chi connectivity index (χ0) is 13.1. The third-order valence-electron chi connectivity index (χ3n) is 2.65. The van der Waals surface area contributed by atoms with Crippen molar-refractivity contribution in [3.63, 3.8) is 0 Å². The van der Waals surface area contributed by atoms with E-state index in [4.69, 9.17) is 11.1 Å². The lowest BCUT2D eigenvalue weighted by atomic mass is 10.1. The Morgan fingerprint density at radius 2 is 1.83 bits per heavy atom. The Kier molecular flexibility index (Phi) is 3.62. The molecule has 2 aromatic rings. The smallest absolute Gasteiger partial charge is 0.135 e. The first-order valence-electron chi connectivity index (χ1n) is 5.50. The van der Waals surface area contributed by atoms with Gasteiger partial charge in [0.1, 0.15) is 10.9 Å². The number of aromatic nitrogens is 2. The predicted molar refractivity (Wildman–Crippen MR) is 73.1 cm³/mol. The van der Waals surface area contributed by atoms with Crippen molar-refractivity contribution in [3.8, 4) is 0 Å². The Bertz CT molecular complexity index is 581. The Labute approximate surface area is 110 Å². The number of amidine groups is 1. The fraction of sp³-hybridized carbons (Fsp3) is 0.154. The molecular weight excluding hydrogens is 244 g/mol. The second kappa shape index (κ2) is 5.18. The van der Waals surface area contributed by atoms with Gasteiger partial charge in [0.15, 0.2) is 0 Å². The molecule has 1 aromatic carbocycles.